The Balaban J connectivity index is 2.13. The highest BCUT2D eigenvalue weighted by Gasteiger charge is 2.15. The monoisotopic (exact) mass is 272 g/mol. The Kier molecular flexibility index (Phi) is 3.09. The van der Waals surface area contributed by atoms with Crippen molar-refractivity contribution >= 4 is 21.4 Å². The van der Waals surface area contributed by atoms with Gasteiger partial charge in [-0.15, -0.1) is 11.3 Å². The van der Waals surface area contributed by atoms with Crippen molar-refractivity contribution in [3.05, 3.63) is 70.4 Å². The van der Waals surface area contributed by atoms with Crippen molar-refractivity contribution in [1.82, 2.24) is 0 Å². The molecule has 0 amide bonds. The number of aliphatic hydroxyl groups is 1. The van der Waals surface area contributed by atoms with Gasteiger partial charge in [0.05, 0.1) is 0 Å². The number of benzene rings is 2. The van der Waals surface area contributed by atoms with Gasteiger partial charge >= 0.3 is 0 Å². The topological polar surface area (TPSA) is 20.2 Å². The normalized spacial score (nSPS) is 12.8. The van der Waals surface area contributed by atoms with Crippen LogP contribution in [0.1, 0.15) is 22.8 Å². The third-order valence-corrected chi connectivity index (χ3v) is 4.16. The van der Waals surface area contributed by atoms with Gasteiger partial charge in [-0.25, -0.2) is 4.39 Å². The molecule has 1 unspecified atom stereocenters. The van der Waals surface area contributed by atoms with Crippen LogP contribution in [0.3, 0.4) is 0 Å². The number of halogens is 1. The number of aryl methyl sites for hydroxylation is 1. The Labute approximate surface area is 115 Å². The van der Waals surface area contributed by atoms with E-state index in [0.717, 1.165) is 21.2 Å². The predicted octanol–water partition coefficient (Wildman–Crippen LogP) is 4.43. The van der Waals surface area contributed by atoms with Crippen molar-refractivity contribution in [1.29, 1.82) is 0 Å². The molecule has 0 saturated heterocycles. The summed E-state index contributed by atoms with van der Waals surface area (Å²) in [5, 5.41) is 13.6. The molecule has 3 rings (SSSR count). The van der Waals surface area contributed by atoms with Gasteiger partial charge in [0.2, 0.25) is 0 Å². The highest BCUT2D eigenvalue weighted by atomic mass is 32.1. The molecule has 0 saturated carbocycles. The van der Waals surface area contributed by atoms with Gasteiger partial charge in [0.15, 0.2) is 0 Å². The minimum Gasteiger partial charge on any atom is -0.384 e. The van der Waals surface area contributed by atoms with Crippen LogP contribution >= 0.6 is 11.3 Å². The van der Waals surface area contributed by atoms with Crippen LogP contribution in [0, 0.1) is 12.7 Å². The van der Waals surface area contributed by atoms with Gasteiger partial charge in [0, 0.05) is 10.3 Å². The molecule has 19 heavy (non-hydrogen) atoms. The van der Waals surface area contributed by atoms with Crippen LogP contribution in [0.25, 0.3) is 10.1 Å². The predicted molar refractivity (Wildman–Crippen MR) is 77.0 cm³/mol. The average Bonchev–Trinajstić information content (AvgIpc) is 2.84. The van der Waals surface area contributed by atoms with Gasteiger partial charge < -0.3 is 5.11 Å². The third kappa shape index (κ3) is 2.27. The standard InChI is InChI=1S/C16H13FOS/c1-10-7-12(9-13(17)8-10)15(18)14-4-2-3-11-5-6-19-16(11)14/h2-9,15,18H,1H3. The number of thiophene rings is 1. The first kappa shape index (κ1) is 12.3. The molecule has 1 nitrogen and oxygen atoms in total. The fourth-order valence-corrected chi connectivity index (χ4v) is 3.27. The number of hydrogen-bond donors (Lipinski definition) is 1. The van der Waals surface area contributed by atoms with Crippen molar-refractivity contribution in [2.75, 3.05) is 0 Å². The van der Waals surface area contributed by atoms with Crippen molar-refractivity contribution in [3.8, 4) is 0 Å². The van der Waals surface area contributed by atoms with E-state index in [0.29, 0.717) is 5.56 Å². The number of rotatable bonds is 2. The Morgan fingerprint density at radius 1 is 1.16 bits per heavy atom. The summed E-state index contributed by atoms with van der Waals surface area (Å²) >= 11 is 1.59. The zero-order valence-corrected chi connectivity index (χ0v) is 11.2. The number of hydrogen-bond acceptors (Lipinski definition) is 2. The van der Waals surface area contributed by atoms with E-state index in [9.17, 15) is 9.50 Å². The van der Waals surface area contributed by atoms with E-state index < -0.39 is 6.10 Å². The van der Waals surface area contributed by atoms with Crippen LogP contribution in [0.15, 0.2) is 47.8 Å². The van der Waals surface area contributed by atoms with Crippen molar-refractivity contribution in [2.45, 2.75) is 13.0 Å². The fraction of sp³-hybridized carbons (Fsp3) is 0.125. The Bertz CT molecular complexity index is 712. The van der Waals surface area contributed by atoms with E-state index in [2.05, 4.69) is 0 Å². The summed E-state index contributed by atoms with van der Waals surface area (Å²) < 4.78 is 14.5. The molecule has 3 aromatic rings. The largest absolute Gasteiger partial charge is 0.384 e. The summed E-state index contributed by atoms with van der Waals surface area (Å²) in [6.45, 7) is 1.82. The summed E-state index contributed by atoms with van der Waals surface area (Å²) in [7, 11) is 0. The summed E-state index contributed by atoms with van der Waals surface area (Å²) in [4.78, 5) is 0. The second kappa shape index (κ2) is 4.76. The summed E-state index contributed by atoms with van der Waals surface area (Å²) in [5.41, 5.74) is 2.24. The molecule has 0 aliphatic heterocycles. The maximum Gasteiger partial charge on any atom is 0.123 e. The second-order valence-electron chi connectivity index (χ2n) is 4.65. The van der Waals surface area contributed by atoms with Crippen LogP contribution in [-0.4, -0.2) is 5.11 Å². The summed E-state index contributed by atoms with van der Waals surface area (Å²) in [6, 6.07) is 12.5. The first-order valence-electron chi connectivity index (χ1n) is 6.06. The van der Waals surface area contributed by atoms with Crippen molar-refractivity contribution in [2.24, 2.45) is 0 Å². The van der Waals surface area contributed by atoms with E-state index in [1.807, 2.05) is 42.6 Å². The molecule has 96 valence electrons. The zero-order chi connectivity index (χ0) is 13.4. The second-order valence-corrected chi connectivity index (χ2v) is 5.57. The number of aliphatic hydroxyl groups excluding tert-OH is 1. The van der Waals surface area contributed by atoms with Gasteiger partial charge in [0.1, 0.15) is 11.9 Å². The molecular formula is C16H13FOS. The van der Waals surface area contributed by atoms with Crippen LogP contribution in [-0.2, 0) is 0 Å². The van der Waals surface area contributed by atoms with Crippen LogP contribution < -0.4 is 0 Å². The molecular weight excluding hydrogens is 259 g/mol. The lowest BCUT2D eigenvalue weighted by atomic mass is 9.99. The van der Waals surface area contributed by atoms with Gasteiger partial charge in [-0.3, -0.25) is 0 Å². The minimum atomic E-state index is -0.795. The van der Waals surface area contributed by atoms with Gasteiger partial charge in [-0.2, -0.15) is 0 Å². The van der Waals surface area contributed by atoms with E-state index in [1.54, 1.807) is 11.3 Å². The maximum atomic E-state index is 13.4. The van der Waals surface area contributed by atoms with Gasteiger partial charge in [0.25, 0.3) is 0 Å². The Hall–Kier alpha value is -1.71. The molecule has 0 fully saturated rings. The van der Waals surface area contributed by atoms with E-state index in [4.69, 9.17) is 0 Å². The van der Waals surface area contributed by atoms with Crippen LogP contribution in [0.5, 0.6) is 0 Å². The van der Waals surface area contributed by atoms with E-state index in [-0.39, 0.29) is 5.82 Å². The molecule has 1 heterocycles. The smallest absolute Gasteiger partial charge is 0.123 e. The molecule has 2 aromatic carbocycles. The van der Waals surface area contributed by atoms with Crippen molar-refractivity contribution in [3.63, 3.8) is 0 Å². The first-order valence-corrected chi connectivity index (χ1v) is 6.94. The van der Waals surface area contributed by atoms with E-state index >= 15 is 0 Å². The molecule has 0 aliphatic rings. The average molecular weight is 272 g/mol. The molecule has 0 radical (unpaired) electrons. The molecule has 0 aliphatic carbocycles. The summed E-state index contributed by atoms with van der Waals surface area (Å²) in [6.07, 6.45) is -0.795. The minimum absolute atomic E-state index is 0.313. The van der Waals surface area contributed by atoms with Gasteiger partial charge in [-0.1, -0.05) is 24.3 Å². The first-order chi connectivity index (χ1) is 9.15. The molecule has 1 aromatic heterocycles. The highest BCUT2D eigenvalue weighted by Crippen LogP contribution is 2.32. The highest BCUT2D eigenvalue weighted by molar-refractivity contribution is 7.17. The number of fused-ring (bicyclic) bond motifs is 1. The molecule has 1 N–H and O–H groups in total. The Morgan fingerprint density at radius 3 is 2.79 bits per heavy atom. The molecule has 1 atom stereocenters. The third-order valence-electron chi connectivity index (χ3n) is 3.18. The van der Waals surface area contributed by atoms with Crippen LogP contribution in [0.2, 0.25) is 0 Å². The van der Waals surface area contributed by atoms with E-state index in [1.165, 1.54) is 12.1 Å². The maximum absolute atomic E-state index is 13.4. The zero-order valence-electron chi connectivity index (χ0n) is 10.4. The fourth-order valence-electron chi connectivity index (χ4n) is 2.33. The SMILES string of the molecule is Cc1cc(F)cc(C(O)c2cccc3ccsc23)c1. The quantitative estimate of drug-likeness (QED) is 0.731. The lowest BCUT2D eigenvalue weighted by Crippen LogP contribution is -2.01. The van der Waals surface area contributed by atoms with Crippen molar-refractivity contribution < 1.29 is 9.50 Å². The summed E-state index contributed by atoms with van der Waals surface area (Å²) in [5.74, 6) is -0.313. The Morgan fingerprint density at radius 2 is 2.00 bits per heavy atom. The van der Waals surface area contributed by atoms with Gasteiger partial charge in [-0.05, 0) is 47.0 Å². The lowest BCUT2D eigenvalue weighted by Gasteiger charge is -2.13. The molecule has 0 bridgehead atoms. The van der Waals surface area contributed by atoms with Crippen LogP contribution in [0.4, 0.5) is 4.39 Å². The lowest BCUT2D eigenvalue weighted by molar-refractivity contribution is 0.221. The molecule has 3 heteroatoms. The molecule has 0 spiro atoms.